The minimum Gasteiger partial charge on any atom is -0.306 e. The molecular formula is C17H18BrClFN. The van der Waals surface area contributed by atoms with E-state index >= 15 is 0 Å². The van der Waals surface area contributed by atoms with Crippen molar-refractivity contribution in [3.05, 3.63) is 67.9 Å². The van der Waals surface area contributed by atoms with Gasteiger partial charge in [-0.05, 0) is 76.8 Å². The maximum atomic E-state index is 13.8. The number of benzene rings is 2. The number of halogens is 3. The predicted octanol–water partition coefficient (Wildman–Crippen LogP) is 5.56. The monoisotopic (exact) mass is 369 g/mol. The molecule has 1 nitrogen and oxygen atoms in total. The van der Waals surface area contributed by atoms with Crippen molar-refractivity contribution >= 4 is 27.5 Å². The van der Waals surface area contributed by atoms with Crippen molar-refractivity contribution in [2.75, 3.05) is 6.54 Å². The van der Waals surface area contributed by atoms with Gasteiger partial charge >= 0.3 is 0 Å². The van der Waals surface area contributed by atoms with Crippen molar-refractivity contribution in [1.29, 1.82) is 0 Å². The number of nitrogens with one attached hydrogen (secondary N) is 1. The molecule has 0 saturated carbocycles. The molecule has 2 aromatic carbocycles. The largest absolute Gasteiger partial charge is 0.306 e. The van der Waals surface area contributed by atoms with Crippen LogP contribution in [0, 0.1) is 19.7 Å². The fourth-order valence-corrected chi connectivity index (χ4v) is 2.90. The molecule has 2 aromatic rings. The van der Waals surface area contributed by atoms with E-state index in [1.165, 1.54) is 5.56 Å². The first-order chi connectivity index (χ1) is 9.93. The maximum Gasteiger partial charge on any atom is 0.137 e. The van der Waals surface area contributed by atoms with Crippen molar-refractivity contribution in [1.82, 2.24) is 5.32 Å². The fraction of sp³-hybridized carbons (Fsp3) is 0.294. The van der Waals surface area contributed by atoms with Crippen molar-refractivity contribution in [2.24, 2.45) is 0 Å². The Balaban J connectivity index is 2.52. The number of hydrogen-bond acceptors (Lipinski definition) is 1. The Morgan fingerprint density at radius 1 is 1.19 bits per heavy atom. The van der Waals surface area contributed by atoms with E-state index in [1.807, 2.05) is 26.0 Å². The van der Waals surface area contributed by atoms with Crippen LogP contribution in [0.4, 0.5) is 4.39 Å². The topological polar surface area (TPSA) is 12.0 Å². The number of rotatable bonds is 4. The second kappa shape index (κ2) is 6.91. The quantitative estimate of drug-likeness (QED) is 0.743. The summed E-state index contributed by atoms with van der Waals surface area (Å²) in [6.07, 6.45) is 0. The molecule has 0 aromatic heterocycles. The molecule has 0 saturated heterocycles. The molecule has 4 heteroatoms. The number of hydrogen-bond donors (Lipinski definition) is 1. The Kier molecular flexibility index (Phi) is 5.42. The van der Waals surface area contributed by atoms with Gasteiger partial charge in [0.2, 0.25) is 0 Å². The third-order valence-corrected chi connectivity index (χ3v) is 4.58. The van der Waals surface area contributed by atoms with E-state index in [-0.39, 0.29) is 11.9 Å². The summed E-state index contributed by atoms with van der Waals surface area (Å²) in [5.74, 6) is -0.268. The van der Waals surface area contributed by atoms with Gasteiger partial charge < -0.3 is 5.32 Å². The highest BCUT2D eigenvalue weighted by Gasteiger charge is 2.18. The lowest BCUT2D eigenvalue weighted by atomic mass is 9.95. The first-order valence-corrected chi connectivity index (χ1v) is 8.06. The minimum atomic E-state index is -0.268. The van der Waals surface area contributed by atoms with Crippen LogP contribution in [-0.4, -0.2) is 6.54 Å². The molecule has 0 bridgehead atoms. The lowest BCUT2D eigenvalue weighted by Crippen LogP contribution is -2.22. The molecule has 1 unspecified atom stereocenters. The first kappa shape index (κ1) is 16.5. The zero-order chi connectivity index (χ0) is 15.6. The van der Waals surface area contributed by atoms with E-state index in [9.17, 15) is 4.39 Å². The fourth-order valence-electron chi connectivity index (χ4n) is 2.33. The molecule has 2 rings (SSSR count). The van der Waals surface area contributed by atoms with E-state index in [4.69, 9.17) is 11.6 Å². The third-order valence-electron chi connectivity index (χ3n) is 3.61. The molecule has 0 fully saturated rings. The Labute approximate surface area is 138 Å². The summed E-state index contributed by atoms with van der Waals surface area (Å²) in [6.45, 7) is 6.88. The van der Waals surface area contributed by atoms with E-state index < -0.39 is 0 Å². The zero-order valence-electron chi connectivity index (χ0n) is 12.3. The van der Waals surface area contributed by atoms with Gasteiger partial charge in [0.25, 0.3) is 0 Å². The molecule has 0 aliphatic rings. The summed E-state index contributed by atoms with van der Waals surface area (Å²) in [5.41, 5.74) is 4.17. The van der Waals surface area contributed by atoms with Gasteiger partial charge in [-0.2, -0.15) is 0 Å². The highest BCUT2D eigenvalue weighted by atomic mass is 79.9. The Morgan fingerprint density at radius 3 is 2.48 bits per heavy atom. The van der Waals surface area contributed by atoms with E-state index in [0.717, 1.165) is 23.2 Å². The van der Waals surface area contributed by atoms with Crippen LogP contribution in [0.2, 0.25) is 5.02 Å². The van der Waals surface area contributed by atoms with Crippen LogP contribution in [0.15, 0.2) is 34.8 Å². The molecular weight excluding hydrogens is 353 g/mol. The van der Waals surface area contributed by atoms with Crippen LogP contribution >= 0.6 is 27.5 Å². The molecule has 0 amide bonds. The van der Waals surface area contributed by atoms with Crippen LogP contribution in [-0.2, 0) is 0 Å². The summed E-state index contributed by atoms with van der Waals surface area (Å²) < 4.78 is 14.3. The predicted molar refractivity (Wildman–Crippen MR) is 90.5 cm³/mol. The average Bonchev–Trinajstić information content (AvgIpc) is 2.44. The maximum absolute atomic E-state index is 13.8. The first-order valence-electron chi connectivity index (χ1n) is 6.89. The van der Waals surface area contributed by atoms with E-state index in [2.05, 4.69) is 34.2 Å². The minimum absolute atomic E-state index is 0.121. The zero-order valence-corrected chi connectivity index (χ0v) is 14.6. The highest BCUT2D eigenvalue weighted by molar-refractivity contribution is 9.10. The number of aryl methyl sites for hydroxylation is 2. The third kappa shape index (κ3) is 3.65. The lowest BCUT2D eigenvalue weighted by molar-refractivity contribution is 0.599. The van der Waals surface area contributed by atoms with Crippen LogP contribution in [0.25, 0.3) is 0 Å². The van der Waals surface area contributed by atoms with Gasteiger partial charge in [-0.25, -0.2) is 4.39 Å². The molecule has 0 aliphatic carbocycles. The normalized spacial score (nSPS) is 12.5. The summed E-state index contributed by atoms with van der Waals surface area (Å²) >= 11 is 9.60. The van der Waals surface area contributed by atoms with Gasteiger partial charge in [0, 0.05) is 5.02 Å². The lowest BCUT2D eigenvalue weighted by Gasteiger charge is -2.21. The average molecular weight is 371 g/mol. The second-order valence-corrected chi connectivity index (χ2v) is 6.38. The Morgan fingerprint density at radius 2 is 1.86 bits per heavy atom. The van der Waals surface area contributed by atoms with Crippen molar-refractivity contribution in [3.63, 3.8) is 0 Å². The van der Waals surface area contributed by atoms with Crippen molar-refractivity contribution in [3.8, 4) is 0 Å². The van der Waals surface area contributed by atoms with E-state index in [1.54, 1.807) is 12.1 Å². The van der Waals surface area contributed by atoms with Gasteiger partial charge in [0.1, 0.15) is 5.82 Å². The van der Waals surface area contributed by atoms with Crippen LogP contribution in [0.3, 0.4) is 0 Å². The Hall–Kier alpha value is -0.900. The Bertz CT molecular complexity index is 657. The SMILES string of the molecule is CCNC(c1ccc(Br)c(F)c1)c1cc(C)c(C)cc1Cl. The summed E-state index contributed by atoms with van der Waals surface area (Å²) in [5, 5.41) is 4.08. The van der Waals surface area contributed by atoms with Crippen LogP contribution in [0.5, 0.6) is 0 Å². The standard InChI is InChI=1S/C17H18BrClFN/c1-4-21-17(12-5-6-14(18)16(20)9-12)13-7-10(2)11(3)8-15(13)19/h5-9,17,21H,4H2,1-3H3. The van der Waals surface area contributed by atoms with Crippen molar-refractivity contribution < 1.29 is 4.39 Å². The van der Waals surface area contributed by atoms with Crippen LogP contribution in [0.1, 0.15) is 35.2 Å². The van der Waals surface area contributed by atoms with Gasteiger partial charge in [-0.3, -0.25) is 0 Å². The summed E-state index contributed by atoms with van der Waals surface area (Å²) in [4.78, 5) is 0. The smallest absolute Gasteiger partial charge is 0.137 e. The van der Waals surface area contributed by atoms with Crippen molar-refractivity contribution in [2.45, 2.75) is 26.8 Å². The molecule has 112 valence electrons. The second-order valence-electron chi connectivity index (χ2n) is 5.12. The van der Waals surface area contributed by atoms with Gasteiger partial charge in [0.05, 0.1) is 10.5 Å². The van der Waals surface area contributed by atoms with E-state index in [0.29, 0.717) is 9.50 Å². The molecule has 0 spiro atoms. The van der Waals surface area contributed by atoms with Gasteiger partial charge in [-0.15, -0.1) is 0 Å². The molecule has 0 heterocycles. The summed E-state index contributed by atoms with van der Waals surface area (Å²) in [7, 11) is 0. The summed E-state index contributed by atoms with van der Waals surface area (Å²) in [6, 6.07) is 9.10. The van der Waals surface area contributed by atoms with Gasteiger partial charge in [-0.1, -0.05) is 30.7 Å². The van der Waals surface area contributed by atoms with Gasteiger partial charge in [0.15, 0.2) is 0 Å². The molecule has 1 atom stereocenters. The molecule has 21 heavy (non-hydrogen) atoms. The molecule has 1 N–H and O–H groups in total. The molecule has 0 radical (unpaired) electrons. The van der Waals surface area contributed by atoms with Crippen LogP contribution < -0.4 is 5.32 Å². The highest BCUT2D eigenvalue weighted by Crippen LogP contribution is 2.32. The molecule has 0 aliphatic heterocycles.